The van der Waals surface area contributed by atoms with Gasteiger partial charge in [0.15, 0.2) is 0 Å². The Bertz CT molecular complexity index is 767. The Morgan fingerprint density at radius 1 is 1.04 bits per heavy atom. The van der Waals surface area contributed by atoms with Crippen molar-refractivity contribution in [3.05, 3.63) is 69.2 Å². The van der Waals surface area contributed by atoms with E-state index in [0.29, 0.717) is 0 Å². The van der Waals surface area contributed by atoms with Gasteiger partial charge in [-0.25, -0.2) is 0 Å². The maximum Gasteiger partial charge on any atom is 0.269 e. The standard InChI is InChI=1S/C18H19ClN4O2/c1-14(15-2-6-18(7-3-15)23(24)25)20-22-12-10-21(11-13-22)17-8-4-16(19)5-9-17/h2-9H,10-13H2,1H3/b20-14-. The van der Waals surface area contributed by atoms with Crippen molar-refractivity contribution in [2.45, 2.75) is 6.92 Å². The molecule has 0 bridgehead atoms. The second-order valence-corrected chi connectivity index (χ2v) is 6.34. The van der Waals surface area contributed by atoms with E-state index in [1.807, 2.05) is 36.2 Å². The van der Waals surface area contributed by atoms with Crippen LogP contribution in [0.1, 0.15) is 12.5 Å². The number of hydrogen-bond acceptors (Lipinski definition) is 5. The van der Waals surface area contributed by atoms with Gasteiger partial charge in [-0.1, -0.05) is 11.6 Å². The molecule has 0 saturated carbocycles. The van der Waals surface area contributed by atoms with Crippen molar-refractivity contribution in [1.82, 2.24) is 5.01 Å². The van der Waals surface area contributed by atoms with Crippen molar-refractivity contribution >= 4 is 28.7 Å². The average Bonchev–Trinajstić information content (AvgIpc) is 2.63. The quantitative estimate of drug-likeness (QED) is 0.474. The third-order valence-electron chi connectivity index (χ3n) is 4.24. The number of nitrogens with zero attached hydrogens (tertiary/aromatic N) is 4. The first-order valence-electron chi connectivity index (χ1n) is 8.08. The highest BCUT2D eigenvalue weighted by Gasteiger charge is 2.16. The number of benzene rings is 2. The first kappa shape index (κ1) is 17.2. The molecule has 6 nitrogen and oxygen atoms in total. The molecule has 1 fully saturated rings. The van der Waals surface area contributed by atoms with Crippen LogP contribution < -0.4 is 4.90 Å². The molecule has 1 saturated heterocycles. The van der Waals surface area contributed by atoms with Crippen LogP contribution in [-0.4, -0.2) is 41.8 Å². The summed E-state index contributed by atoms with van der Waals surface area (Å²) in [6, 6.07) is 14.4. The summed E-state index contributed by atoms with van der Waals surface area (Å²) >= 11 is 5.93. The number of piperazine rings is 1. The van der Waals surface area contributed by atoms with Crippen LogP contribution >= 0.6 is 11.6 Å². The zero-order valence-electron chi connectivity index (χ0n) is 13.9. The summed E-state index contributed by atoms with van der Waals surface area (Å²) in [5, 5.41) is 18.2. The van der Waals surface area contributed by atoms with E-state index < -0.39 is 4.92 Å². The number of anilines is 1. The molecule has 130 valence electrons. The van der Waals surface area contributed by atoms with Gasteiger partial charge < -0.3 is 4.90 Å². The summed E-state index contributed by atoms with van der Waals surface area (Å²) in [5.41, 5.74) is 3.01. The Kier molecular flexibility index (Phi) is 5.19. The number of nitro groups is 1. The largest absolute Gasteiger partial charge is 0.368 e. The van der Waals surface area contributed by atoms with Crippen molar-refractivity contribution in [1.29, 1.82) is 0 Å². The van der Waals surface area contributed by atoms with Gasteiger partial charge >= 0.3 is 0 Å². The maximum atomic E-state index is 10.7. The van der Waals surface area contributed by atoms with E-state index >= 15 is 0 Å². The Balaban J connectivity index is 1.61. The second-order valence-electron chi connectivity index (χ2n) is 5.91. The lowest BCUT2D eigenvalue weighted by Crippen LogP contribution is -2.44. The molecule has 2 aromatic rings. The predicted molar refractivity (Wildman–Crippen MR) is 101 cm³/mol. The summed E-state index contributed by atoms with van der Waals surface area (Å²) in [4.78, 5) is 12.6. The first-order chi connectivity index (χ1) is 12.0. The smallest absolute Gasteiger partial charge is 0.269 e. The second kappa shape index (κ2) is 7.53. The van der Waals surface area contributed by atoms with E-state index in [1.54, 1.807) is 12.1 Å². The normalized spacial score (nSPS) is 15.4. The van der Waals surface area contributed by atoms with Gasteiger partial charge in [-0.2, -0.15) is 5.10 Å². The third kappa shape index (κ3) is 4.28. The van der Waals surface area contributed by atoms with Gasteiger partial charge in [-0.3, -0.25) is 15.1 Å². The molecule has 3 rings (SSSR count). The van der Waals surface area contributed by atoms with E-state index in [4.69, 9.17) is 11.6 Å². The van der Waals surface area contributed by atoms with Gasteiger partial charge in [0.05, 0.1) is 23.7 Å². The number of non-ortho nitro benzene ring substituents is 1. The molecule has 7 heteroatoms. The molecule has 0 radical (unpaired) electrons. The molecular weight excluding hydrogens is 340 g/mol. The van der Waals surface area contributed by atoms with Gasteiger partial charge in [0, 0.05) is 35.9 Å². The van der Waals surface area contributed by atoms with Crippen molar-refractivity contribution in [2.24, 2.45) is 5.10 Å². The molecule has 0 aliphatic carbocycles. The van der Waals surface area contributed by atoms with Crippen LogP contribution in [0, 0.1) is 10.1 Å². The highest BCUT2D eigenvalue weighted by Crippen LogP contribution is 2.20. The molecule has 1 heterocycles. The van der Waals surface area contributed by atoms with Crippen LogP contribution in [0.5, 0.6) is 0 Å². The van der Waals surface area contributed by atoms with Crippen molar-refractivity contribution < 1.29 is 4.92 Å². The summed E-state index contributed by atoms with van der Waals surface area (Å²) in [6.07, 6.45) is 0. The van der Waals surface area contributed by atoms with Gasteiger partial charge in [0.25, 0.3) is 5.69 Å². The minimum Gasteiger partial charge on any atom is -0.368 e. The Morgan fingerprint density at radius 3 is 2.20 bits per heavy atom. The lowest BCUT2D eigenvalue weighted by atomic mass is 10.1. The van der Waals surface area contributed by atoms with Crippen LogP contribution in [0.2, 0.25) is 5.02 Å². The van der Waals surface area contributed by atoms with Crippen LogP contribution in [0.25, 0.3) is 0 Å². The molecular formula is C18H19ClN4O2. The molecule has 1 aliphatic heterocycles. The summed E-state index contributed by atoms with van der Waals surface area (Å²) in [6.45, 7) is 5.35. The van der Waals surface area contributed by atoms with E-state index in [1.165, 1.54) is 17.8 Å². The maximum absolute atomic E-state index is 10.7. The zero-order chi connectivity index (χ0) is 17.8. The van der Waals surface area contributed by atoms with Crippen molar-refractivity contribution in [3.8, 4) is 0 Å². The van der Waals surface area contributed by atoms with E-state index in [2.05, 4.69) is 10.0 Å². The number of hydrogen-bond donors (Lipinski definition) is 0. The molecule has 0 unspecified atom stereocenters. The molecule has 0 aromatic heterocycles. The molecule has 0 N–H and O–H groups in total. The van der Waals surface area contributed by atoms with Crippen LogP contribution in [0.3, 0.4) is 0 Å². The van der Waals surface area contributed by atoms with Crippen LogP contribution in [0.4, 0.5) is 11.4 Å². The monoisotopic (exact) mass is 358 g/mol. The number of hydrazone groups is 1. The molecule has 0 spiro atoms. The fraction of sp³-hybridized carbons (Fsp3) is 0.278. The molecule has 0 atom stereocenters. The van der Waals surface area contributed by atoms with Gasteiger partial charge in [-0.05, 0) is 48.9 Å². The Morgan fingerprint density at radius 2 is 1.64 bits per heavy atom. The lowest BCUT2D eigenvalue weighted by molar-refractivity contribution is -0.384. The number of halogens is 1. The summed E-state index contributed by atoms with van der Waals surface area (Å²) in [7, 11) is 0. The minimum absolute atomic E-state index is 0.0909. The molecule has 1 aliphatic rings. The number of nitro benzene ring substituents is 1. The summed E-state index contributed by atoms with van der Waals surface area (Å²) in [5.74, 6) is 0. The van der Waals surface area contributed by atoms with E-state index in [-0.39, 0.29) is 5.69 Å². The third-order valence-corrected chi connectivity index (χ3v) is 4.49. The van der Waals surface area contributed by atoms with E-state index in [0.717, 1.165) is 42.5 Å². The number of rotatable bonds is 4. The fourth-order valence-corrected chi connectivity index (χ4v) is 2.93. The van der Waals surface area contributed by atoms with Crippen LogP contribution in [0.15, 0.2) is 53.6 Å². The molecule has 2 aromatic carbocycles. The van der Waals surface area contributed by atoms with Gasteiger partial charge in [-0.15, -0.1) is 0 Å². The van der Waals surface area contributed by atoms with E-state index in [9.17, 15) is 10.1 Å². The predicted octanol–water partition coefficient (Wildman–Crippen LogP) is 3.79. The zero-order valence-corrected chi connectivity index (χ0v) is 14.7. The Hall–Kier alpha value is -2.60. The van der Waals surface area contributed by atoms with Crippen molar-refractivity contribution in [3.63, 3.8) is 0 Å². The fourth-order valence-electron chi connectivity index (χ4n) is 2.80. The highest BCUT2D eigenvalue weighted by molar-refractivity contribution is 6.30. The molecule has 25 heavy (non-hydrogen) atoms. The first-order valence-corrected chi connectivity index (χ1v) is 8.46. The summed E-state index contributed by atoms with van der Waals surface area (Å²) < 4.78 is 0. The van der Waals surface area contributed by atoms with Crippen molar-refractivity contribution in [2.75, 3.05) is 31.1 Å². The van der Waals surface area contributed by atoms with Gasteiger partial charge in [0.2, 0.25) is 0 Å². The highest BCUT2D eigenvalue weighted by atomic mass is 35.5. The minimum atomic E-state index is -0.397. The average molecular weight is 359 g/mol. The van der Waals surface area contributed by atoms with Gasteiger partial charge in [0.1, 0.15) is 0 Å². The topological polar surface area (TPSA) is 62.0 Å². The lowest BCUT2D eigenvalue weighted by Gasteiger charge is -2.35. The molecule has 0 amide bonds. The Labute approximate surface area is 151 Å². The van der Waals surface area contributed by atoms with Crippen LogP contribution in [-0.2, 0) is 0 Å². The SMILES string of the molecule is C/C(=N/N1CCN(c2ccc(Cl)cc2)CC1)c1ccc([N+](=O)[O-])cc1.